The van der Waals surface area contributed by atoms with Gasteiger partial charge in [0.2, 0.25) is 0 Å². The zero-order chi connectivity index (χ0) is 7.84. The molecule has 64 valence electrons. The fourth-order valence-corrected chi connectivity index (χ4v) is 2.55. The van der Waals surface area contributed by atoms with Crippen molar-refractivity contribution in [1.82, 2.24) is 4.90 Å². The molecule has 0 aromatic carbocycles. The molecule has 3 heterocycles. The second kappa shape index (κ2) is 2.76. The number of likely N-dealkylation sites (N-methyl/N-ethyl adjacent to an activating group) is 1. The highest BCUT2D eigenvalue weighted by atomic mass is 15.2. The van der Waals surface area contributed by atoms with Crippen LogP contribution in [0.3, 0.4) is 0 Å². The summed E-state index contributed by atoms with van der Waals surface area (Å²) in [5, 5.41) is 0. The van der Waals surface area contributed by atoms with Gasteiger partial charge in [0.25, 0.3) is 0 Å². The number of nitrogens with one attached hydrogen (secondary N) is 1. The summed E-state index contributed by atoms with van der Waals surface area (Å²) in [5.74, 6) is 0.922. The third kappa shape index (κ3) is 1.42. The van der Waals surface area contributed by atoms with Gasteiger partial charge in [-0.05, 0) is 19.9 Å². The molecule has 3 unspecified atom stereocenters. The molecule has 0 aliphatic carbocycles. The maximum Gasteiger partial charge on any atom is 0.0688 e. The summed E-state index contributed by atoms with van der Waals surface area (Å²) in [4.78, 5) is 4.01. The molecular weight excluding hydrogens is 136 g/mol. The first-order valence-corrected chi connectivity index (χ1v) is 4.62. The molecule has 2 heteroatoms. The van der Waals surface area contributed by atoms with Crippen molar-refractivity contribution in [1.29, 1.82) is 0 Å². The smallest absolute Gasteiger partial charge is 0.0688 e. The summed E-state index contributed by atoms with van der Waals surface area (Å²) in [5.41, 5.74) is 0. The van der Waals surface area contributed by atoms with Gasteiger partial charge in [0.15, 0.2) is 0 Å². The quantitative estimate of drug-likeness (QED) is 0.457. The summed E-state index contributed by atoms with van der Waals surface area (Å²) < 4.78 is 0. The van der Waals surface area contributed by atoms with Gasteiger partial charge in [-0.15, -0.1) is 0 Å². The molecule has 3 aliphatic heterocycles. The average Bonchev–Trinajstić information content (AvgIpc) is 2.16. The Morgan fingerprint density at radius 2 is 2.18 bits per heavy atom. The summed E-state index contributed by atoms with van der Waals surface area (Å²) in [7, 11) is 6.38. The standard InChI is InChI=1S/C9H18N2/c1-10-5-8-3-4-9(7-10)11(2)6-8/h8-10H,1,3-7H2,2H3. The molecule has 3 rings (SSSR count). The first-order chi connectivity index (χ1) is 5.25. The largest absolute Gasteiger partial charge is 0.466 e. The van der Waals surface area contributed by atoms with Crippen LogP contribution in [0.15, 0.2) is 0 Å². The van der Waals surface area contributed by atoms with Gasteiger partial charge in [0, 0.05) is 12.5 Å². The first-order valence-electron chi connectivity index (χ1n) is 4.62. The molecule has 0 aromatic heterocycles. The van der Waals surface area contributed by atoms with Crippen LogP contribution in [0.25, 0.3) is 0 Å². The zero-order valence-electron chi connectivity index (χ0n) is 7.34. The summed E-state index contributed by atoms with van der Waals surface area (Å²) >= 11 is 0. The highest BCUT2D eigenvalue weighted by Crippen LogP contribution is 2.20. The highest BCUT2D eigenvalue weighted by molar-refractivity contribution is 4.81. The fraction of sp³-hybridized carbons (Fsp3) is 0.889. The number of fused-ring (bicyclic) bond motifs is 4. The van der Waals surface area contributed by atoms with E-state index in [9.17, 15) is 0 Å². The van der Waals surface area contributed by atoms with Crippen LogP contribution in [-0.4, -0.2) is 37.6 Å². The van der Waals surface area contributed by atoms with Crippen molar-refractivity contribution < 1.29 is 4.90 Å². The lowest BCUT2D eigenvalue weighted by atomic mass is 9.96. The van der Waals surface area contributed by atoms with E-state index in [2.05, 4.69) is 19.0 Å². The van der Waals surface area contributed by atoms with Crippen LogP contribution in [0.1, 0.15) is 12.8 Å². The van der Waals surface area contributed by atoms with Crippen LogP contribution in [0.5, 0.6) is 0 Å². The van der Waals surface area contributed by atoms with Gasteiger partial charge in [0.1, 0.15) is 0 Å². The Kier molecular flexibility index (Phi) is 1.90. The Balaban J connectivity index is 2.10. The second-order valence-electron chi connectivity index (χ2n) is 4.20. The molecule has 0 aromatic rings. The predicted molar refractivity (Wildman–Crippen MR) is 45.2 cm³/mol. The van der Waals surface area contributed by atoms with Gasteiger partial charge in [-0.25, -0.2) is 0 Å². The van der Waals surface area contributed by atoms with Crippen molar-refractivity contribution in [3.8, 4) is 0 Å². The Morgan fingerprint density at radius 3 is 2.91 bits per heavy atom. The summed E-state index contributed by atoms with van der Waals surface area (Å²) in [6.07, 6.45) is 2.84. The molecule has 0 radical (unpaired) electrons. The number of hydrogen-bond acceptors (Lipinski definition) is 1. The summed E-state index contributed by atoms with van der Waals surface area (Å²) in [6, 6.07) is 0.821. The zero-order valence-corrected chi connectivity index (χ0v) is 7.34. The van der Waals surface area contributed by atoms with E-state index in [-0.39, 0.29) is 0 Å². The van der Waals surface area contributed by atoms with E-state index in [1.54, 1.807) is 0 Å². The molecular formula is C9H18N2. The van der Waals surface area contributed by atoms with Crippen LogP contribution in [0, 0.1) is 13.0 Å². The van der Waals surface area contributed by atoms with Crippen molar-refractivity contribution in [3.63, 3.8) is 0 Å². The number of quaternary nitrogens is 1. The van der Waals surface area contributed by atoms with E-state index in [4.69, 9.17) is 0 Å². The maximum absolute atomic E-state index is 4.12. The maximum atomic E-state index is 4.12. The minimum absolute atomic E-state index is 0.821. The Labute approximate surface area is 69.2 Å². The van der Waals surface area contributed by atoms with E-state index in [1.165, 1.54) is 37.4 Å². The molecule has 1 N–H and O–H groups in total. The van der Waals surface area contributed by atoms with Gasteiger partial charge in [-0.3, -0.25) is 4.90 Å². The predicted octanol–water partition coefficient (Wildman–Crippen LogP) is -0.613. The minimum Gasteiger partial charge on any atom is -0.466 e. The van der Waals surface area contributed by atoms with Gasteiger partial charge in [-0.1, -0.05) is 0 Å². The molecule has 0 saturated carbocycles. The number of nitrogens with zero attached hydrogens (tertiary/aromatic N) is 1. The number of rotatable bonds is 0. The highest BCUT2D eigenvalue weighted by Gasteiger charge is 2.31. The topological polar surface area (TPSA) is 7.68 Å². The molecule has 3 fully saturated rings. The van der Waals surface area contributed by atoms with Crippen LogP contribution in [-0.2, 0) is 0 Å². The average molecular weight is 154 g/mol. The third-order valence-electron chi connectivity index (χ3n) is 3.18. The van der Waals surface area contributed by atoms with Crippen LogP contribution < -0.4 is 4.90 Å². The third-order valence-corrected chi connectivity index (χ3v) is 3.18. The van der Waals surface area contributed by atoms with Crippen LogP contribution in [0.2, 0.25) is 0 Å². The van der Waals surface area contributed by atoms with Gasteiger partial charge < -0.3 is 4.90 Å². The number of piperidine rings is 1. The normalized spacial score (nSPS) is 45.8. The molecule has 3 saturated heterocycles. The first kappa shape index (κ1) is 7.56. The van der Waals surface area contributed by atoms with E-state index < -0.39 is 0 Å². The van der Waals surface area contributed by atoms with Crippen molar-refractivity contribution in [3.05, 3.63) is 7.05 Å². The fourth-order valence-electron chi connectivity index (χ4n) is 2.55. The minimum atomic E-state index is 0.821. The Bertz CT molecular complexity index is 144. The Morgan fingerprint density at radius 1 is 1.36 bits per heavy atom. The molecule has 2 nitrogen and oxygen atoms in total. The van der Waals surface area contributed by atoms with E-state index in [0.717, 1.165) is 12.0 Å². The SMILES string of the molecule is [CH2-][NH+]1CC2CCC(C1)N(C)C2. The van der Waals surface area contributed by atoms with Crippen molar-refractivity contribution in [2.24, 2.45) is 5.92 Å². The van der Waals surface area contributed by atoms with Crippen molar-refractivity contribution >= 4 is 0 Å². The second-order valence-corrected chi connectivity index (χ2v) is 4.20. The Hall–Kier alpha value is -0.0800. The lowest BCUT2D eigenvalue weighted by Gasteiger charge is -2.31. The van der Waals surface area contributed by atoms with Crippen LogP contribution >= 0.6 is 0 Å². The lowest BCUT2D eigenvalue weighted by Crippen LogP contribution is -3.08. The van der Waals surface area contributed by atoms with E-state index in [1.807, 2.05) is 0 Å². The molecule has 3 aliphatic rings. The van der Waals surface area contributed by atoms with E-state index >= 15 is 0 Å². The van der Waals surface area contributed by atoms with Gasteiger partial charge in [-0.2, -0.15) is 7.05 Å². The molecule has 2 bridgehead atoms. The summed E-state index contributed by atoms with van der Waals surface area (Å²) in [6.45, 7) is 3.86. The lowest BCUT2D eigenvalue weighted by molar-refractivity contribution is -0.855. The molecule has 11 heavy (non-hydrogen) atoms. The molecule has 3 atom stereocenters. The van der Waals surface area contributed by atoms with Gasteiger partial charge >= 0.3 is 0 Å². The molecule has 0 amide bonds. The van der Waals surface area contributed by atoms with E-state index in [0.29, 0.717) is 0 Å². The van der Waals surface area contributed by atoms with Crippen LogP contribution in [0.4, 0.5) is 0 Å². The number of hydrogen-bond donors (Lipinski definition) is 1. The van der Waals surface area contributed by atoms with Gasteiger partial charge in [0.05, 0.1) is 19.1 Å². The molecule has 0 spiro atoms. The van der Waals surface area contributed by atoms with Crippen molar-refractivity contribution in [2.75, 3.05) is 26.7 Å². The monoisotopic (exact) mass is 154 g/mol. The van der Waals surface area contributed by atoms with Crippen molar-refractivity contribution in [2.45, 2.75) is 18.9 Å².